The highest BCUT2D eigenvalue weighted by Gasteiger charge is 2.35. The Morgan fingerprint density at radius 3 is 2.56 bits per heavy atom. The third-order valence-electron chi connectivity index (χ3n) is 4.88. The third kappa shape index (κ3) is 3.77. The minimum atomic E-state index is -0.552. The molecule has 7 heteroatoms. The number of hydrogen-bond acceptors (Lipinski definition) is 4. The van der Waals surface area contributed by atoms with Gasteiger partial charge < -0.3 is 15.4 Å². The van der Waals surface area contributed by atoms with Crippen LogP contribution in [0.2, 0.25) is 0 Å². The van der Waals surface area contributed by atoms with E-state index >= 15 is 0 Å². The van der Waals surface area contributed by atoms with E-state index in [1.165, 1.54) is 12.1 Å². The molecule has 0 bridgehead atoms. The largest absolute Gasteiger partial charge is 0.444 e. The maximum atomic E-state index is 13.2. The summed E-state index contributed by atoms with van der Waals surface area (Å²) in [4.78, 5) is 14.2. The van der Waals surface area contributed by atoms with Crippen molar-refractivity contribution in [2.45, 2.75) is 58.7 Å². The lowest BCUT2D eigenvalue weighted by Crippen LogP contribution is -2.42. The van der Waals surface area contributed by atoms with Crippen LogP contribution in [0.3, 0.4) is 0 Å². The first-order valence-electron chi connectivity index (χ1n) is 9.20. The highest BCUT2D eigenvalue weighted by atomic mass is 19.1. The number of aromatic nitrogens is 2. The van der Waals surface area contributed by atoms with E-state index in [0.717, 1.165) is 16.8 Å². The monoisotopic (exact) mass is 374 g/mol. The van der Waals surface area contributed by atoms with Crippen LogP contribution in [0.1, 0.15) is 63.5 Å². The molecule has 0 radical (unpaired) electrons. The zero-order chi connectivity index (χ0) is 19.9. The van der Waals surface area contributed by atoms with Gasteiger partial charge >= 0.3 is 6.09 Å². The standard InChI is InChI=1S/C20H27FN4O2/c1-12(14-6-8-15(21)9-7-14)25-18(22)17-13(2)24(11-10-16(17)23-25)19(26)27-20(3,4)5/h6-9,12-13H,10-11,22H2,1-5H3/t12?,13-/m0/s1. The highest BCUT2D eigenvalue weighted by molar-refractivity contribution is 5.70. The van der Waals surface area contributed by atoms with Crippen molar-refractivity contribution in [1.82, 2.24) is 14.7 Å². The SMILES string of the molecule is CC(c1ccc(F)cc1)n1nc2c(c1N)[C@H](C)N(C(=O)OC(C)(C)C)CC2. The molecule has 0 spiro atoms. The van der Waals surface area contributed by atoms with E-state index in [-0.39, 0.29) is 24.0 Å². The molecular weight excluding hydrogens is 347 g/mol. The number of ether oxygens (including phenoxy) is 1. The number of nitrogens with two attached hydrogens (primary N) is 1. The zero-order valence-electron chi connectivity index (χ0n) is 16.5. The topological polar surface area (TPSA) is 73.4 Å². The summed E-state index contributed by atoms with van der Waals surface area (Å²) in [5.41, 5.74) is 8.54. The first kappa shape index (κ1) is 19.2. The van der Waals surface area contributed by atoms with Gasteiger partial charge in [-0.25, -0.2) is 13.9 Å². The molecule has 0 saturated heterocycles. The fourth-order valence-corrected chi connectivity index (χ4v) is 3.47. The fourth-order valence-electron chi connectivity index (χ4n) is 3.47. The molecule has 1 unspecified atom stereocenters. The van der Waals surface area contributed by atoms with Crippen LogP contribution < -0.4 is 5.73 Å². The number of benzene rings is 1. The number of halogens is 1. The first-order chi connectivity index (χ1) is 12.6. The van der Waals surface area contributed by atoms with Crippen molar-refractivity contribution in [3.05, 3.63) is 46.9 Å². The minimum absolute atomic E-state index is 0.140. The van der Waals surface area contributed by atoms with Gasteiger partial charge in [-0.2, -0.15) is 5.10 Å². The Kier molecular flexibility index (Phi) is 4.88. The second-order valence-electron chi connectivity index (χ2n) is 8.02. The number of nitrogen functional groups attached to an aromatic ring is 1. The van der Waals surface area contributed by atoms with Crippen LogP contribution in [0.25, 0.3) is 0 Å². The first-order valence-corrected chi connectivity index (χ1v) is 9.20. The van der Waals surface area contributed by atoms with E-state index in [0.29, 0.717) is 18.8 Å². The van der Waals surface area contributed by atoms with Gasteiger partial charge in [0.2, 0.25) is 0 Å². The number of rotatable bonds is 2. The third-order valence-corrected chi connectivity index (χ3v) is 4.88. The normalized spacial score (nSPS) is 18.1. The van der Waals surface area contributed by atoms with Crippen molar-refractivity contribution in [3.63, 3.8) is 0 Å². The van der Waals surface area contributed by atoms with E-state index in [9.17, 15) is 9.18 Å². The van der Waals surface area contributed by atoms with Gasteiger partial charge in [-0.05, 0) is 52.3 Å². The van der Waals surface area contributed by atoms with Crippen molar-refractivity contribution >= 4 is 11.9 Å². The number of fused-ring (bicyclic) bond motifs is 1. The molecule has 1 aliphatic rings. The molecule has 1 aromatic heterocycles. The lowest BCUT2D eigenvalue weighted by molar-refractivity contribution is 0.0160. The van der Waals surface area contributed by atoms with Gasteiger partial charge in [0.05, 0.1) is 17.8 Å². The molecule has 0 aliphatic carbocycles. The average molecular weight is 374 g/mol. The van der Waals surface area contributed by atoms with Gasteiger partial charge in [-0.1, -0.05) is 12.1 Å². The second-order valence-corrected chi connectivity index (χ2v) is 8.02. The Hall–Kier alpha value is -2.57. The fraction of sp³-hybridized carbons (Fsp3) is 0.500. The molecule has 27 heavy (non-hydrogen) atoms. The lowest BCUT2D eigenvalue weighted by Gasteiger charge is -2.34. The molecule has 1 aromatic carbocycles. The summed E-state index contributed by atoms with van der Waals surface area (Å²) < 4.78 is 20.5. The Labute approximate surface area is 159 Å². The maximum absolute atomic E-state index is 13.2. The Bertz CT molecular complexity index is 839. The van der Waals surface area contributed by atoms with Crippen molar-refractivity contribution < 1.29 is 13.9 Å². The van der Waals surface area contributed by atoms with Crippen molar-refractivity contribution in [2.75, 3.05) is 12.3 Å². The quantitative estimate of drug-likeness (QED) is 0.860. The molecule has 1 amide bonds. The van der Waals surface area contributed by atoms with E-state index in [4.69, 9.17) is 10.5 Å². The number of hydrogen-bond donors (Lipinski definition) is 1. The van der Waals surface area contributed by atoms with Crippen molar-refractivity contribution in [3.8, 4) is 0 Å². The van der Waals surface area contributed by atoms with Crippen LogP contribution in [-0.4, -0.2) is 32.9 Å². The Morgan fingerprint density at radius 2 is 1.96 bits per heavy atom. The predicted octanol–water partition coefficient (Wildman–Crippen LogP) is 4.07. The number of carbonyl (C=O) groups excluding carboxylic acids is 1. The van der Waals surface area contributed by atoms with E-state index in [1.807, 2.05) is 34.6 Å². The summed E-state index contributed by atoms with van der Waals surface area (Å²) in [6.07, 6.45) is 0.270. The molecule has 6 nitrogen and oxygen atoms in total. The van der Waals surface area contributed by atoms with Gasteiger partial charge in [-0.15, -0.1) is 0 Å². The van der Waals surface area contributed by atoms with Crippen molar-refractivity contribution in [2.24, 2.45) is 0 Å². The Morgan fingerprint density at radius 1 is 1.33 bits per heavy atom. The van der Waals surface area contributed by atoms with E-state index in [1.54, 1.807) is 21.7 Å². The van der Waals surface area contributed by atoms with Gasteiger partial charge in [0.25, 0.3) is 0 Å². The zero-order valence-corrected chi connectivity index (χ0v) is 16.5. The molecule has 146 valence electrons. The van der Waals surface area contributed by atoms with Crippen LogP contribution in [-0.2, 0) is 11.2 Å². The molecule has 0 fully saturated rings. The van der Waals surface area contributed by atoms with Crippen LogP contribution in [0.15, 0.2) is 24.3 Å². The van der Waals surface area contributed by atoms with Crippen LogP contribution >= 0.6 is 0 Å². The van der Waals surface area contributed by atoms with Crippen LogP contribution in [0.5, 0.6) is 0 Å². The van der Waals surface area contributed by atoms with E-state index < -0.39 is 5.60 Å². The summed E-state index contributed by atoms with van der Waals surface area (Å²) in [6.45, 7) is 9.99. The summed E-state index contributed by atoms with van der Waals surface area (Å²) in [5.74, 6) is 0.253. The summed E-state index contributed by atoms with van der Waals surface area (Å²) in [6, 6.07) is 5.96. The molecule has 0 saturated carbocycles. The minimum Gasteiger partial charge on any atom is -0.444 e. The average Bonchev–Trinajstić information content (AvgIpc) is 2.91. The molecule has 2 aromatic rings. The van der Waals surface area contributed by atoms with Gasteiger partial charge in [-0.3, -0.25) is 0 Å². The second kappa shape index (κ2) is 6.87. The predicted molar refractivity (Wildman–Crippen MR) is 102 cm³/mol. The molecule has 3 rings (SSSR count). The van der Waals surface area contributed by atoms with Crippen molar-refractivity contribution in [1.29, 1.82) is 0 Å². The summed E-state index contributed by atoms with van der Waals surface area (Å²) in [7, 11) is 0. The summed E-state index contributed by atoms with van der Waals surface area (Å²) >= 11 is 0. The molecule has 2 atom stereocenters. The molecule has 2 N–H and O–H groups in total. The molecule has 1 aliphatic heterocycles. The number of carbonyl (C=O) groups is 1. The van der Waals surface area contributed by atoms with Gasteiger partial charge in [0.1, 0.15) is 17.2 Å². The number of anilines is 1. The van der Waals surface area contributed by atoms with Crippen LogP contribution in [0, 0.1) is 5.82 Å². The molecular formula is C20H27FN4O2. The maximum Gasteiger partial charge on any atom is 0.410 e. The van der Waals surface area contributed by atoms with Gasteiger partial charge in [0.15, 0.2) is 0 Å². The smallest absolute Gasteiger partial charge is 0.410 e. The number of nitrogens with zero attached hydrogens (tertiary/aromatic N) is 3. The van der Waals surface area contributed by atoms with E-state index in [2.05, 4.69) is 5.10 Å². The van der Waals surface area contributed by atoms with Gasteiger partial charge in [0, 0.05) is 18.5 Å². The lowest BCUT2D eigenvalue weighted by atomic mass is 10.00. The highest BCUT2D eigenvalue weighted by Crippen LogP contribution is 2.36. The molecule has 2 heterocycles. The van der Waals surface area contributed by atoms with Crippen LogP contribution in [0.4, 0.5) is 15.0 Å². The summed E-state index contributed by atoms with van der Waals surface area (Å²) in [5, 5.41) is 4.69. The number of amides is 1. The Balaban J connectivity index is 1.89.